The van der Waals surface area contributed by atoms with Gasteiger partial charge in [0.25, 0.3) is 0 Å². The van der Waals surface area contributed by atoms with Gasteiger partial charge in [0.15, 0.2) is 0 Å². The van der Waals surface area contributed by atoms with Crippen molar-refractivity contribution < 1.29 is 33.0 Å². The molecular weight excluding hydrogens is 365 g/mol. The summed E-state index contributed by atoms with van der Waals surface area (Å²) in [6.45, 7) is 7.56. The van der Waals surface area contributed by atoms with E-state index >= 15 is 4.39 Å². The summed E-state index contributed by atoms with van der Waals surface area (Å²) in [5.74, 6) is -2.87. The molecule has 0 bridgehead atoms. The van der Waals surface area contributed by atoms with Gasteiger partial charge in [0.1, 0.15) is 11.6 Å². The van der Waals surface area contributed by atoms with Crippen LogP contribution in [0.3, 0.4) is 0 Å². The Labute approximate surface area is 155 Å². The standard InChI is InChI=1S/C17H24FNO6S/c1-6-23-13(20)17(18,14(21)24-7-2)12(11-9-8-10-26-11)19-15(22)25-16(3,4)5/h8-10,12H,6-7H2,1-5H3,(H,19,22)/t12-/m0/s1. The smallest absolute Gasteiger partial charge is 0.408 e. The van der Waals surface area contributed by atoms with E-state index in [0.29, 0.717) is 0 Å². The Morgan fingerprint density at radius 2 is 1.69 bits per heavy atom. The van der Waals surface area contributed by atoms with Crippen molar-refractivity contribution in [3.63, 3.8) is 0 Å². The van der Waals surface area contributed by atoms with Gasteiger partial charge in [-0.2, -0.15) is 0 Å². The summed E-state index contributed by atoms with van der Waals surface area (Å²) in [5.41, 5.74) is -4.11. The van der Waals surface area contributed by atoms with Gasteiger partial charge in [0, 0.05) is 4.88 Å². The number of carbonyl (C=O) groups excluding carboxylic acids is 3. The Morgan fingerprint density at radius 3 is 2.08 bits per heavy atom. The molecule has 0 fully saturated rings. The number of alkyl halides is 1. The number of amides is 1. The molecule has 1 N–H and O–H groups in total. The Hall–Kier alpha value is -2.16. The van der Waals surface area contributed by atoms with E-state index in [4.69, 9.17) is 14.2 Å². The third kappa shape index (κ3) is 5.42. The summed E-state index contributed by atoms with van der Waals surface area (Å²) in [6, 6.07) is 1.43. The Bertz CT molecular complexity index is 608. The van der Waals surface area contributed by atoms with E-state index in [1.165, 1.54) is 19.9 Å². The minimum atomic E-state index is -3.26. The van der Waals surface area contributed by atoms with Crippen LogP contribution in [-0.4, -0.2) is 42.5 Å². The lowest BCUT2D eigenvalue weighted by atomic mass is 9.94. The van der Waals surface area contributed by atoms with Crippen molar-refractivity contribution in [2.75, 3.05) is 13.2 Å². The van der Waals surface area contributed by atoms with Crippen molar-refractivity contribution in [3.8, 4) is 0 Å². The minimum Gasteiger partial charge on any atom is -0.463 e. The van der Waals surface area contributed by atoms with E-state index < -0.39 is 35.3 Å². The minimum absolute atomic E-state index is 0.145. The number of alkyl carbamates (subject to hydrolysis) is 1. The topological polar surface area (TPSA) is 90.9 Å². The quantitative estimate of drug-likeness (QED) is 0.438. The van der Waals surface area contributed by atoms with E-state index in [1.807, 2.05) is 0 Å². The van der Waals surface area contributed by atoms with Gasteiger partial charge in [-0.3, -0.25) is 0 Å². The molecule has 1 amide bonds. The second-order valence-electron chi connectivity index (χ2n) is 6.25. The molecule has 1 aromatic rings. The van der Waals surface area contributed by atoms with Crippen LogP contribution in [0.5, 0.6) is 0 Å². The summed E-state index contributed by atoms with van der Waals surface area (Å²) in [5, 5.41) is 3.89. The molecule has 0 unspecified atom stereocenters. The maximum atomic E-state index is 15.8. The number of halogens is 1. The largest absolute Gasteiger partial charge is 0.463 e. The summed E-state index contributed by atoms with van der Waals surface area (Å²) in [6.07, 6.45) is -0.980. The predicted octanol–water partition coefficient (Wildman–Crippen LogP) is 3.15. The maximum absolute atomic E-state index is 15.8. The number of nitrogens with one attached hydrogen (secondary N) is 1. The predicted molar refractivity (Wildman–Crippen MR) is 93.5 cm³/mol. The van der Waals surface area contributed by atoms with E-state index in [9.17, 15) is 14.4 Å². The van der Waals surface area contributed by atoms with Gasteiger partial charge in [-0.1, -0.05) is 6.07 Å². The van der Waals surface area contributed by atoms with Gasteiger partial charge in [-0.05, 0) is 46.1 Å². The van der Waals surface area contributed by atoms with Crippen molar-refractivity contribution >= 4 is 29.4 Å². The molecular formula is C17H24FNO6S. The van der Waals surface area contributed by atoms with Gasteiger partial charge in [0.2, 0.25) is 0 Å². The molecule has 0 aliphatic heterocycles. The second kappa shape index (κ2) is 8.98. The number of rotatable bonds is 7. The number of thiophene rings is 1. The van der Waals surface area contributed by atoms with Crippen molar-refractivity contribution in [2.45, 2.75) is 51.9 Å². The fourth-order valence-electron chi connectivity index (χ4n) is 2.04. The SMILES string of the molecule is CCOC(=O)C(F)(C(=O)OCC)[C@@H](NC(=O)OC(C)(C)C)c1cccs1. The zero-order valence-corrected chi connectivity index (χ0v) is 16.3. The fraction of sp³-hybridized carbons (Fsp3) is 0.588. The molecule has 0 saturated carbocycles. The zero-order chi connectivity index (χ0) is 20.0. The average molecular weight is 389 g/mol. The molecule has 0 saturated heterocycles. The van der Waals surface area contributed by atoms with E-state index in [0.717, 1.165) is 11.3 Å². The van der Waals surface area contributed by atoms with Crippen LogP contribution in [0.1, 0.15) is 45.5 Å². The first-order valence-electron chi connectivity index (χ1n) is 8.12. The molecule has 9 heteroatoms. The summed E-state index contributed by atoms with van der Waals surface area (Å²) >= 11 is 1.06. The lowest BCUT2D eigenvalue weighted by Crippen LogP contribution is -2.55. The number of esters is 2. The van der Waals surface area contributed by atoms with Crippen molar-refractivity contribution in [1.82, 2.24) is 5.32 Å². The first-order valence-corrected chi connectivity index (χ1v) is 9.00. The molecule has 7 nitrogen and oxygen atoms in total. The highest BCUT2D eigenvalue weighted by atomic mass is 32.1. The Balaban J connectivity index is 3.32. The van der Waals surface area contributed by atoms with E-state index in [1.54, 1.807) is 32.2 Å². The molecule has 1 rings (SSSR count). The normalized spacial score (nSPS) is 12.8. The molecule has 26 heavy (non-hydrogen) atoms. The van der Waals surface area contributed by atoms with Crippen LogP contribution in [0.2, 0.25) is 0 Å². The van der Waals surface area contributed by atoms with E-state index in [-0.39, 0.29) is 18.1 Å². The summed E-state index contributed by atoms with van der Waals surface area (Å²) in [7, 11) is 0. The molecule has 1 atom stereocenters. The van der Waals surface area contributed by atoms with Crippen LogP contribution in [0.4, 0.5) is 9.18 Å². The third-order valence-corrected chi connectivity index (χ3v) is 3.97. The first-order chi connectivity index (χ1) is 12.1. The van der Waals surface area contributed by atoms with Crippen LogP contribution in [0, 0.1) is 0 Å². The van der Waals surface area contributed by atoms with Gasteiger partial charge in [-0.25, -0.2) is 18.8 Å². The molecule has 0 aliphatic carbocycles. The molecule has 0 radical (unpaired) electrons. The number of carbonyl (C=O) groups is 3. The molecule has 0 aromatic carbocycles. The number of ether oxygens (including phenoxy) is 3. The summed E-state index contributed by atoms with van der Waals surface area (Å²) < 4.78 is 30.4. The molecule has 0 aliphatic rings. The second-order valence-corrected chi connectivity index (χ2v) is 7.23. The zero-order valence-electron chi connectivity index (χ0n) is 15.5. The van der Waals surface area contributed by atoms with Gasteiger partial charge >= 0.3 is 23.7 Å². The highest BCUT2D eigenvalue weighted by Crippen LogP contribution is 2.35. The molecule has 0 spiro atoms. The number of hydrogen-bond donors (Lipinski definition) is 1. The van der Waals surface area contributed by atoms with Crippen molar-refractivity contribution in [2.24, 2.45) is 0 Å². The van der Waals surface area contributed by atoms with Gasteiger partial charge in [0.05, 0.1) is 13.2 Å². The fourth-order valence-corrected chi connectivity index (χ4v) is 2.87. The Morgan fingerprint density at radius 1 is 1.15 bits per heavy atom. The monoisotopic (exact) mass is 389 g/mol. The lowest BCUT2D eigenvalue weighted by Gasteiger charge is -2.30. The molecule has 146 valence electrons. The highest BCUT2D eigenvalue weighted by molar-refractivity contribution is 7.10. The molecule has 1 aromatic heterocycles. The maximum Gasteiger partial charge on any atom is 0.408 e. The van der Waals surface area contributed by atoms with Crippen LogP contribution < -0.4 is 5.32 Å². The van der Waals surface area contributed by atoms with Crippen molar-refractivity contribution in [3.05, 3.63) is 22.4 Å². The van der Waals surface area contributed by atoms with Gasteiger partial charge in [-0.15, -0.1) is 11.3 Å². The van der Waals surface area contributed by atoms with Crippen molar-refractivity contribution in [1.29, 1.82) is 0 Å². The lowest BCUT2D eigenvalue weighted by molar-refractivity contribution is -0.177. The third-order valence-electron chi connectivity index (χ3n) is 3.03. The van der Waals surface area contributed by atoms with Crippen LogP contribution in [0.15, 0.2) is 17.5 Å². The Kier molecular flexibility index (Phi) is 7.55. The highest BCUT2D eigenvalue weighted by Gasteiger charge is 2.58. The average Bonchev–Trinajstić information content (AvgIpc) is 3.04. The van der Waals surface area contributed by atoms with Crippen LogP contribution >= 0.6 is 11.3 Å². The van der Waals surface area contributed by atoms with Crippen LogP contribution in [-0.2, 0) is 23.8 Å². The van der Waals surface area contributed by atoms with Crippen LogP contribution in [0.25, 0.3) is 0 Å². The molecule has 1 heterocycles. The van der Waals surface area contributed by atoms with Gasteiger partial charge < -0.3 is 19.5 Å². The summed E-state index contributed by atoms with van der Waals surface area (Å²) in [4.78, 5) is 37.0. The number of hydrogen-bond acceptors (Lipinski definition) is 7. The first kappa shape index (κ1) is 21.9. The van der Waals surface area contributed by atoms with E-state index in [2.05, 4.69) is 5.32 Å².